The third-order valence-electron chi connectivity index (χ3n) is 4.40. The van der Waals surface area contributed by atoms with Crippen LogP contribution in [0.1, 0.15) is 30.3 Å². The number of ether oxygens (including phenoxy) is 2. The Hall–Kier alpha value is -2.66. The van der Waals surface area contributed by atoms with Gasteiger partial charge in [-0.25, -0.2) is 0 Å². The van der Waals surface area contributed by atoms with E-state index in [1.165, 1.54) is 0 Å². The van der Waals surface area contributed by atoms with Crippen molar-refractivity contribution in [2.75, 3.05) is 6.61 Å². The summed E-state index contributed by atoms with van der Waals surface area (Å²) in [6.07, 6.45) is -1.91. The van der Waals surface area contributed by atoms with Gasteiger partial charge in [0.15, 0.2) is 0 Å². The van der Waals surface area contributed by atoms with Gasteiger partial charge in [-0.15, -0.1) is 0 Å². The summed E-state index contributed by atoms with van der Waals surface area (Å²) < 4.78 is 10.6. The minimum atomic E-state index is -1.14. The fourth-order valence-corrected chi connectivity index (χ4v) is 3.22. The summed E-state index contributed by atoms with van der Waals surface area (Å²) in [7, 11) is 0. The van der Waals surface area contributed by atoms with E-state index in [4.69, 9.17) is 9.47 Å². The predicted molar refractivity (Wildman–Crippen MR) is 90.3 cm³/mol. The van der Waals surface area contributed by atoms with Crippen LogP contribution in [0.3, 0.4) is 0 Å². The molecule has 0 saturated carbocycles. The van der Waals surface area contributed by atoms with Gasteiger partial charge in [0.05, 0.1) is 12.7 Å². The maximum atomic E-state index is 12.6. The molecule has 2 aromatic carbocycles. The molecule has 1 aliphatic rings. The van der Waals surface area contributed by atoms with Crippen LogP contribution in [-0.2, 0) is 19.1 Å². The molecule has 5 heteroatoms. The summed E-state index contributed by atoms with van der Waals surface area (Å²) in [6.45, 7) is 1.90. The van der Waals surface area contributed by atoms with Crippen molar-refractivity contribution in [2.24, 2.45) is 11.8 Å². The van der Waals surface area contributed by atoms with E-state index in [-0.39, 0.29) is 6.61 Å². The van der Waals surface area contributed by atoms with E-state index in [9.17, 15) is 14.7 Å². The number of aliphatic hydroxyl groups excluding tert-OH is 1. The molecule has 0 amide bonds. The Morgan fingerprint density at radius 2 is 1.72 bits per heavy atom. The fraction of sp³-hybridized carbons (Fsp3) is 0.300. The van der Waals surface area contributed by atoms with Crippen molar-refractivity contribution in [2.45, 2.75) is 19.1 Å². The maximum absolute atomic E-state index is 12.6. The van der Waals surface area contributed by atoms with Crippen LogP contribution >= 0.6 is 0 Å². The second-order valence-electron chi connectivity index (χ2n) is 5.93. The first-order valence-electron chi connectivity index (χ1n) is 8.28. The Labute approximate surface area is 146 Å². The van der Waals surface area contributed by atoms with Crippen LogP contribution in [0.5, 0.6) is 0 Å². The van der Waals surface area contributed by atoms with Crippen LogP contribution in [0, 0.1) is 11.8 Å². The molecule has 1 N–H and O–H groups in total. The number of cyclic esters (lactones) is 1. The van der Waals surface area contributed by atoms with Gasteiger partial charge in [0.25, 0.3) is 0 Å². The van der Waals surface area contributed by atoms with E-state index < -0.39 is 36.0 Å². The summed E-state index contributed by atoms with van der Waals surface area (Å²) in [6, 6.07) is 17.8. The molecule has 25 heavy (non-hydrogen) atoms. The first kappa shape index (κ1) is 17.2. The van der Waals surface area contributed by atoms with Crippen molar-refractivity contribution >= 4 is 11.9 Å². The van der Waals surface area contributed by atoms with Crippen LogP contribution in [0.25, 0.3) is 0 Å². The highest BCUT2D eigenvalue weighted by molar-refractivity contribution is 5.86. The van der Waals surface area contributed by atoms with Crippen LogP contribution in [-0.4, -0.2) is 23.7 Å². The number of aliphatic hydroxyl groups is 1. The Bertz CT molecular complexity index is 728. The van der Waals surface area contributed by atoms with E-state index in [2.05, 4.69) is 0 Å². The zero-order valence-corrected chi connectivity index (χ0v) is 13.9. The summed E-state index contributed by atoms with van der Waals surface area (Å²) in [5.74, 6) is -3.04. The largest absolute Gasteiger partial charge is 0.466 e. The number of esters is 2. The lowest BCUT2D eigenvalue weighted by molar-refractivity contribution is -0.153. The van der Waals surface area contributed by atoms with Crippen LogP contribution < -0.4 is 0 Å². The molecule has 130 valence electrons. The number of carbonyl (C=O) groups is 2. The van der Waals surface area contributed by atoms with Gasteiger partial charge in [0.1, 0.15) is 17.9 Å². The van der Waals surface area contributed by atoms with Crippen LogP contribution in [0.4, 0.5) is 0 Å². The molecule has 0 bridgehead atoms. The Morgan fingerprint density at radius 3 is 2.32 bits per heavy atom. The molecule has 0 aliphatic carbocycles. The highest BCUT2D eigenvalue weighted by Crippen LogP contribution is 2.45. The molecule has 5 nitrogen and oxygen atoms in total. The molecule has 4 atom stereocenters. The van der Waals surface area contributed by atoms with Crippen molar-refractivity contribution in [3.63, 3.8) is 0 Å². The highest BCUT2D eigenvalue weighted by Gasteiger charge is 2.53. The minimum Gasteiger partial charge on any atom is -0.466 e. The summed E-state index contributed by atoms with van der Waals surface area (Å²) in [5, 5.41) is 10.7. The normalized spacial score (nSPS) is 23.8. The van der Waals surface area contributed by atoms with Gasteiger partial charge >= 0.3 is 11.9 Å². The number of carbonyl (C=O) groups excluding carboxylic acids is 2. The fourth-order valence-electron chi connectivity index (χ4n) is 3.22. The lowest BCUT2D eigenvalue weighted by Gasteiger charge is -2.23. The highest BCUT2D eigenvalue weighted by atomic mass is 16.6. The van der Waals surface area contributed by atoms with Crippen molar-refractivity contribution in [1.29, 1.82) is 0 Å². The SMILES string of the molecule is CCOC(=O)[C@H]1[C@H]([C@@H](O)c2ccccc2)C(=O)O[C@H]1c1ccccc1. The Balaban J connectivity index is 1.98. The molecule has 1 fully saturated rings. The summed E-state index contributed by atoms with van der Waals surface area (Å²) >= 11 is 0. The molecule has 0 aromatic heterocycles. The van der Waals surface area contributed by atoms with Gasteiger partial charge in [0, 0.05) is 0 Å². The molecule has 1 aliphatic heterocycles. The second-order valence-corrected chi connectivity index (χ2v) is 5.93. The van der Waals surface area contributed by atoms with Gasteiger partial charge in [-0.2, -0.15) is 0 Å². The predicted octanol–water partition coefficient (Wildman–Crippen LogP) is 2.81. The Morgan fingerprint density at radius 1 is 1.12 bits per heavy atom. The van der Waals surface area contributed by atoms with Gasteiger partial charge in [-0.1, -0.05) is 60.7 Å². The molecular weight excluding hydrogens is 320 g/mol. The van der Waals surface area contributed by atoms with Crippen LogP contribution in [0.15, 0.2) is 60.7 Å². The number of hydrogen-bond acceptors (Lipinski definition) is 5. The second kappa shape index (κ2) is 7.49. The zero-order chi connectivity index (χ0) is 17.8. The van der Waals surface area contributed by atoms with Crippen molar-refractivity contribution in [3.8, 4) is 0 Å². The first-order chi connectivity index (χ1) is 12.1. The van der Waals surface area contributed by atoms with Crippen LogP contribution in [0.2, 0.25) is 0 Å². The molecular formula is C20H20O5. The van der Waals surface area contributed by atoms with E-state index in [1.807, 2.05) is 24.3 Å². The third-order valence-corrected chi connectivity index (χ3v) is 4.40. The molecule has 2 aromatic rings. The summed E-state index contributed by atoms with van der Waals surface area (Å²) in [4.78, 5) is 25.1. The average Bonchev–Trinajstić information content (AvgIpc) is 3.00. The Kier molecular flexibility index (Phi) is 5.14. The third kappa shape index (κ3) is 3.42. The number of rotatable bonds is 5. The zero-order valence-electron chi connectivity index (χ0n) is 13.9. The first-order valence-corrected chi connectivity index (χ1v) is 8.28. The molecule has 0 unspecified atom stereocenters. The van der Waals surface area contributed by atoms with E-state index in [0.29, 0.717) is 11.1 Å². The monoisotopic (exact) mass is 340 g/mol. The molecule has 3 rings (SSSR count). The quantitative estimate of drug-likeness (QED) is 0.848. The number of hydrogen-bond donors (Lipinski definition) is 1. The molecule has 1 heterocycles. The average molecular weight is 340 g/mol. The van der Waals surface area contributed by atoms with Gasteiger partial charge in [-0.05, 0) is 18.1 Å². The topological polar surface area (TPSA) is 72.8 Å². The van der Waals surface area contributed by atoms with Crippen molar-refractivity contribution in [3.05, 3.63) is 71.8 Å². The standard InChI is InChI=1S/C20H20O5/c1-2-24-19(22)16-15(17(21)13-9-5-3-6-10-13)20(23)25-18(16)14-11-7-4-8-12-14/h3-12,15-18,21H,2H2,1H3/t15-,16+,17+,18+/m1/s1. The van der Waals surface area contributed by atoms with Gasteiger partial charge in [0.2, 0.25) is 0 Å². The number of benzene rings is 2. The molecule has 1 saturated heterocycles. The summed E-state index contributed by atoms with van der Waals surface area (Å²) in [5.41, 5.74) is 1.27. The van der Waals surface area contributed by atoms with E-state index in [1.54, 1.807) is 43.3 Å². The molecule has 0 radical (unpaired) electrons. The smallest absolute Gasteiger partial charge is 0.314 e. The molecule has 0 spiro atoms. The lowest BCUT2D eigenvalue weighted by atomic mass is 9.81. The maximum Gasteiger partial charge on any atom is 0.314 e. The van der Waals surface area contributed by atoms with Crippen molar-refractivity contribution in [1.82, 2.24) is 0 Å². The lowest BCUT2D eigenvalue weighted by Crippen LogP contribution is -2.31. The van der Waals surface area contributed by atoms with Gasteiger partial charge < -0.3 is 14.6 Å². The van der Waals surface area contributed by atoms with Crippen molar-refractivity contribution < 1.29 is 24.2 Å². The minimum absolute atomic E-state index is 0.194. The van der Waals surface area contributed by atoms with E-state index in [0.717, 1.165) is 0 Å². The van der Waals surface area contributed by atoms with E-state index >= 15 is 0 Å². The van der Waals surface area contributed by atoms with Gasteiger partial charge in [-0.3, -0.25) is 9.59 Å².